The molecule has 92 valence electrons. The van der Waals surface area contributed by atoms with Crippen LogP contribution in [0.1, 0.15) is 19.8 Å². The second-order valence-corrected chi connectivity index (χ2v) is 4.26. The Morgan fingerprint density at radius 1 is 1.59 bits per heavy atom. The van der Waals surface area contributed by atoms with Gasteiger partial charge in [-0.2, -0.15) is 0 Å². The number of nitrogens with zero attached hydrogens (tertiary/aromatic N) is 3. The van der Waals surface area contributed by atoms with E-state index in [0.29, 0.717) is 17.7 Å². The maximum atomic E-state index is 10.8. The zero-order chi connectivity index (χ0) is 12.4. The quantitative estimate of drug-likeness (QED) is 0.642. The van der Waals surface area contributed by atoms with Crippen LogP contribution < -0.4 is 10.2 Å². The monoisotopic (exact) mass is 236 g/mol. The fraction of sp³-hybridized carbons (Fsp3) is 0.545. The Bertz CT molecular complexity index is 435. The zero-order valence-electron chi connectivity index (χ0n) is 10.0. The lowest BCUT2D eigenvalue weighted by molar-refractivity contribution is -0.384. The smallest absolute Gasteiger partial charge is 0.276 e. The van der Waals surface area contributed by atoms with Crippen LogP contribution in [0.4, 0.5) is 17.3 Å². The summed E-state index contributed by atoms with van der Waals surface area (Å²) < 4.78 is 0. The highest BCUT2D eigenvalue weighted by atomic mass is 16.6. The number of aromatic nitrogens is 1. The van der Waals surface area contributed by atoms with E-state index in [9.17, 15) is 10.1 Å². The van der Waals surface area contributed by atoms with E-state index in [4.69, 9.17) is 0 Å². The van der Waals surface area contributed by atoms with E-state index in [1.165, 1.54) is 6.07 Å². The fourth-order valence-electron chi connectivity index (χ4n) is 2.16. The molecule has 0 radical (unpaired) electrons. The molecule has 1 N–H and O–H groups in total. The van der Waals surface area contributed by atoms with Crippen LogP contribution in [0.5, 0.6) is 0 Å². The van der Waals surface area contributed by atoms with Gasteiger partial charge in [-0.05, 0) is 19.8 Å². The topological polar surface area (TPSA) is 71.3 Å². The summed E-state index contributed by atoms with van der Waals surface area (Å²) in [5.74, 6) is 1.22. The van der Waals surface area contributed by atoms with Gasteiger partial charge >= 0.3 is 0 Å². The Balaban J connectivity index is 2.38. The minimum Gasteiger partial charge on any atom is -0.373 e. The molecule has 0 amide bonds. The van der Waals surface area contributed by atoms with Crippen LogP contribution in [-0.2, 0) is 0 Å². The van der Waals surface area contributed by atoms with Crippen molar-refractivity contribution >= 4 is 17.3 Å². The number of anilines is 2. The number of nitrogens with one attached hydrogen (secondary N) is 1. The molecule has 0 bridgehead atoms. The van der Waals surface area contributed by atoms with Crippen molar-refractivity contribution in [3.63, 3.8) is 0 Å². The van der Waals surface area contributed by atoms with E-state index in [1.807, 2.05) is 0 Å². The summed E-state index contributed by atoms with van der Waals surface area (Å²) >= 11 is 0. The van der Waals surface area contributed by atoms with Crippen molar-refractivity contribution in [2.75, 3.05) is 23.8 Å². The first-order valence-electron chi connectivity index (χ1n) is 5.72. The normalized spacial score (nSPS) is 19.4. The molecule has 0 spiro atoms. The Kier molecular flexibility index (Phi) is 3.12. The minimum absolute atomic E-state index is 0.0819. The third-order valence-electron chi connectivity index (χ3n) is 3.11. The molecule has 2 heterocycles. The second-order valence-electron chi connectivity index (χ2n) is 4.26. The Hall–Kier alpha value is -1.85. The van der Waals surface area contributed by atoms with Crippen molar-refractivity contribution in [1.29, 1.82) is 0 Å². The molecule has 0 aromatic carbocycles. The van der Waals surface area contributed by atoms with Crippen LogP contribution in [0, 0.1) is 10.1 Å². The summed E-state index contributed by atoms with van der Waals surface area (Å²) in [5.41, 5.74) is 0.0819. The lowest BCUT2D eigenvalue weighted by Crippen LogP contribution is -2.27. The van der Waals surface area contributed by atoms with E-state index in [1.54, 1.807) is 13.1 Å². The first-order valence-corrected chi connectivity index (χ1v) is 5.72. The van der Waals surface area contributed by atoms with Crippen LogP contribution in [0.25, 0.3) is 0 Å². The van der Waals surface area contributed by atoms with E-state index < -0.39 is 0 Å². The van der Waals surface area contributed by atoms with Crippen molar-refractivity contribution in [1.82, 2.24) is 4.98 Å². The van der Waals surface area contributed by atoms with Crippen LogP contribution in [0.2, 0.25) is 0 Å². The van der Waals surface area contributed by atoms with E-state index in [-0.39, 0.29) is 10.6 Å². The fourth-order valence-corrected chi connectivity index (χ4v) is 2.16. The van der Waals surface area contributed by atoms with Gasteiger partial charge in [-0.1, -0.05) is 0 Å². The van der Waals surface area contributed by atoms with Gasteiger partial charge in [0.1, 0.15) is 11.6 Å². The average Bonchev–Trinajstić information content (AvgIpc) is 2.74. The molecule has 1 saturated heterocycles. The zero-order valence-corrected chi connectivity index (χ0v) is 10.0. The Labute approximate surface area is 99.8 Å². The molecule has 6 heteroatoms. The molecule has 1 aliphatic heterocycles. The third-order valence-corrected chi connectivity index (χ3v) is 3.11. The number of nitro groups is 1. The number of rotatable bonds is 3. The van der Waals surface area contributed by atoms with Gasteiger partial charge < -0.3 is 10.2 Å². The van der Waals surface area contributed by atoms with Crippen LogP contribution in [0.15, 0.2) is 12.1 Å². The predicted molar refractivity (Wildman–Crippen MR) is 66.5 cm³/mol. The first kappa shape index (κ1) is 11.6. The number of pyridine rings is 1. The molecular weight excluding hydrogens is 220 g/mol. The predicted octanol–water partition coefficient (Wildman–Crippen LogP) is 2.02. The van der Waals surface area contributed by atoms with Crippen molar-refractivity contribution in [3.8, 4) is 0 Å². The highest BCUT2D eigenvalue weighted by Gasteiger charge is 2.23. The summed E-state index contributed by atoms with van der Waals surface area (Å²) in [5, 5.41) is 13.7. The van der Waals surface area contributed by atoms with Gasteiger partial charge in [-0.3, -0.25) is 10.1 Å². The summed E-state index contributed by atoms with van der Waals surface area (Å²) in [7, 11) is 1.71. The molecule has 0 saturated carbocycles. The minimum atomic E-state index is -0.382. The molecule has 1 aromatic rings. The maximum Gasteiger partial charge on any atom is 0.276 e. The van der Waals surface area contributed by atoms with Gasteiger partial charge in [0.15, 0.2) is 0 Å². The van der Waals surface area contributed by atoms with Gasteiger partial charge in [-0.25, -0.2) is 4.98 Å². The summed E-state index contributed by atoms with van der Waals surface area (Å²) in [6, 6.07) is 3.39. The summed E-state index contributed by atoms with van der Waals surface area (Å²) in [6.45, 7) is 3.03. The molecule has 1 atom stereocenters. The van der Waals surface area contributed by atoms with Crippen LogP contribution in [0.3, 0.4) is 0 Å². The highest BCUT2D eigenvalue weighted by molar-refractivity contribution is 5.56. The molecule has 2 rings (SSSR count). The van der Waals surface area contributed by atoms with Crippen LogP contribution >= 0.6 is 0 Å². The van der Waals surface area contributed by atoms with Crippen LogP contribution in [-0.4, -0.2) is 29.5 Å². The van der Waals surface area contributed by atoms with Crippen molar-refractivity contribution < 1.29 is 4.92 Å². The first-order chi connectivity index (χ1) is 8.11. The van der Waals surface area contributed by atoms with Gasteiger partial charge in [0.2, 0.25) is 0 Å². The van der Waals surface area contributed by atoms with Gasteiger partial charge in [0, 0.05) is 19.6 Å². The molecule has 1 aromatic heterocycles. The highest BCUT2D eigenvalue weighted by Crippen LogP contribution is 2.28. The average molecular weight is 236 g/mol. The molecule has 6 nitrogen and oxygen atoms in total. The standard InChI is InChI=1S/C11H16N4O2/c1-8-4-3-5-14(8)11-7-9(15(16)17)6-10(12-2)13-11/h6-8H,3-5H2,1-2H3,(H,12,13). The van der Waals surface area contributed by atoms with Gasteiger partial charge in [0.05, 0.1) is 17.1 Å². The lowest BCUT2D eigenvalue weighted by atomic mass is 10.2. The lowest BCUT2D eigenvalue weighted by Gasteiger charge is -2.22. The summed E-state index contributed by atoms with van der Waals surface area (Å²) in [6.07, 6.45) is 2.22. The molecule has 1 fully saturated rings. The number of hydrogen-bond donors (Lipinski definition) is 1. The third kappa shape index (κ3) is 2.30. The van der Waals surface area contributed by atoms with Crippen molar-refractivity contribution in [2.24, 2.45) is 0 Å². The van der Waals surface area contributed by atoms with E-state index >= 15 is 0 Å². The Morgan fingerprint density at radius 2 is 2.35 bits per heavy atom. The second kappa shape index (κ2) is 4.57. The molecule has 0 aliphatic carbocycles. The van der Waals surface area contributed by atoms with Gasteiger partial charge in [-0.15, -0.1) is 0 Å². The SMILES string of the molecule is CNc1cc([N+](=O)[O-])cc(N2CCCC2C)n1. The van der Waals surface area contributed by atoms with E-state index in [0.717, 1.165) is 19.4 Å². The summed E-state index contributed by atoms with van der Waals surface area (Å²) in [4.78, 5) is 17.0. The molecular formula is C11H16N4O2. The largest absolute Gasteiger partial charge is 0.373 e. The van der Waals surface area contributed by atoms with Crippen molar-refractivity contribution in [2.45, 2.75) is 25.8 Å². The van der Waals surface area contributed by atoms with Gasteiger partial charge in [0.25, 0.3) is 5.69 Å². The molecule has 1 unspecified atom stereocenters. The molecule has 1 aliphatic rings. The van der Waals surface area contributed by atoms with E-state index in [2.05, 4.69) is 22.1 Å². The molecule has 17 heavy (non-hydrogen) atoms. The maximum absolute atomic E-state index is 10.8. The van der Waals surface area contributed by atoms with Crippen molar-refractivity contribution in [3.05, 3.63) is 22.2 Å². The Morgan fingerprint density at radius 3 is 2.88 bits per heavy atom. The number of hydrogen-bond acceptors (Lipinski definition) is 5.